The van der Waals surface area contributed by atoms with E-state index in [0.717, 1.165) is 30.4 Å². The molecule has 1 saturated carbocycles. The number of aryl methyl sites for hydroxylation is 2. The number of likely N-dealkylation sites (tertiary alicyclic amines) is 1. The Balaban J connectivity index is 1.34. The van der Waals surface area contributed by atoms with Gasteiger partial charge in [-0.2, -0.15) is 0 Å². The molecule has 2 N–H and O–H groups in total. The van der Waals surface area contributed by atoms with Gasteiger partial charge in [0.1, 0.15) is 17.5 Å². The van der Waals surface area contributed by atoms with Gasteiger partial charge in [0, 0.05) is 23.8 Å². The van der Waals surface area contributed by atoms with Gasteiger partial charge in [-0.15, -0.1) is 0 Å². The van der Waals surface area contributed by atoms with Crippen molar-refractivity contribution in [2.45, 2.75) is 77.3 Å². The molecule has 216 valence electrons. The number of carbonyl (C=O) groups is 3. The smallest absolute Gasteiger partial charge is 0.246 e. The molecule has 2 saturated heterocycles. The number of carbonyl (C=O) groups excluding carboxylic acids is 3. The zero-order chi connectivity index (χ0) is 29.1. The van der Waals surface area contributed by atoms with Gasteiger partial charge in [-0.05, 0) is 61.4 Å². The molecule has 3 fully saturated rings. The van der Waals surface area contributed by atoms with Crippen molar-refractivity contribution in [2.24, 2.45) is 23.7 Å². The first-order chi connectivity index (χ1) is 19.6. The highest BCUT2D eigenvalue weighted by Gasteiger charge is 2.72. The van der Waals surface area contributed by atoms with E-state index in [0.29, 0.717) is 17.2 Å². The second-order valence-electron chi connectivity index (χ2n) is 12.5. The molecule has 0 radical (unpaired) electrons. The van der Waals surface area contributed by atoms with Crippen molar-refractivity contribution in [3.63, 3.8) is 0 Å². The summed E-state index contributed by atoms with van der Waals surface area (Å²) in [5, 5.41) is 6.23. The first-order valence-corrected chi connectivity index (χ1v) is 14.7. The summed E-state index contributed by atoms with van der Waals surface area (Å²) in [6.07, 6.45) is 5.96. The van der Waals surface area contributed by atoms with Crippen LogP contribution in [0.25, 0.3) is 0 Å². The standard InChI is InChI=1S/C33H38FN3O4/c1-18-14-19(2)16-23(15-18)35-30(38)27-26-12-13-33(41-26)28(27)32(40)37(17-22-9-5-6-10-24(22)34)29(33)31(39)36-25-11-7-8-20(3)21(25)4/h5-6,9-10,12-16,20-21,25-29H,7-8,11,17H2,1-4H3,(H,35,38)(H,36,39)/t20?,21?,25?,26-,27?,28-,29?,33?/m0/s1. The molecule has 4 aliphatic rings. The summed E-state index contributed by atoms with van der Waals surface area (Å²) < 4.78 is 21.3. The molecule has 6 unspecified atom stereocenters. The van der Waals surface area contributed by atoms with Crippen molar-refractivity contribution in [1.82, 2.24) is 10.2 Å². The molecule has 0 aromatic heterocycles. The van der Waals surface area contributed by atoms with Gasteiger partial charge in [0.05, 0.1) is 17.9 Å². The molecule has 8 heteroatoms. The largest absolute Gasteiger partial charge is 0.359 e. The van der Waals surface area contributed by atoms with Crippen LogP contribution in [0.2, 0.25) is 0 Å². The highest BCUT2D eigenvalue weighted by molar-refractivity contribution is 6.02. The monoisotopic (exact) mass is 559 g/mol. The predicted octanol–water partition coefficient (Wildman–Crippen LogP) is 4.67. The van der Waals surface area contributed by atoms with E-state index in [1.54, 1.807) is 30.4 Å². The lowest BCUT2D eigenvalue weighted by Gasteiger charge is -2.38. The van der Waals surface area contributed by atoms with E-state index in [9.17, 15) is 18.8 Å². The van der Waals surface area contributed by atoms with Gasteiger partial charge in [0.2, 0.25) is 17.7 Å². The molecule has 41 heavy (non-hydrogen) atoms. The molecule has 2 aromatic rings. The minimum atomic E-state index is -1.30. The average molecular weight is 560 g/mol. The summed E-state index contributed by atoms with van der Waals surface area (Å²) in [5.74, 6) is -2.42. The Labute approximate surface area is 240 Å². The first-order valence-electron chi connectivity index (χ1n) is 14.7. The molecule has 1 spiro atoms. The molecular formula is C33H38FN3O4. The fourth-order valence-electron chi connectivity index (χ4n) is 7.57. The van der Waals surface area contributed by atoms with Crippen molar-refractivity contribution < 1.29 is 23.5 Å². The van der Waals surface area contributed by atoms with Crippen molar-refractivity contribution >= 4 is 23.4 Å². The molecule has 6 rings (SSSR count). The zero-order valence-electron chi connectivity index (χ0n) is 24.0. The van der Waals surface area contributed by atoms with Gasteiger partial charge in [-0.3, -0.25) is 14.4 Å². The third-order valence-electron chi connectivity index (χ3n) is 9.75. The van der Waals surface area contributed by atoms with E-state index >= 15 is 0 Å². The van der Waals surface area contributed by atoms with Crippen LogP contribution in [-0.4, -0.2) is 46.4 Å². The zero-order valence-corrected chi connectivity index (χ0v) is 24.0. The molecular weight excluding hydrogens is 521 g/mol. The Morgan fingerprint density at radius 1 is 1.07 bits per heavy atom. The molecule has 2 bridgehead atoms. The summed E-state index contributed by atoms with van der Waals surface area (Å²) in [6, 6.07) is 11.0. The lowest BCUT2D eigenvalue weighted by molar-refractivity contribution is -0.142. The highest BCUT2D eigenvalue weighted by Crippen LogP contribution is 2.55. The number of hydrogen-bond donors (Lipinski definition) is 2. The summed E-state index contributed by atoms with van der Waals surface area (Å²) in [4.78, 5) is 43.5. The maximum absolute atomic E-state index is 14.8. The number of benzene rings is 2. The van der Waals surface area contributed by atoms with Crippen LogP contribution in [0, 0.1) is 43.3 Å². The second-order valence-corrected chi connectivity index (χ2v) is 12.5. The van der Waals surface area contributed by atoms with Crippen LogP contribution in [0.3, 0.4) is 0 Å². The fourth-order valence-corrected chi connectivity index (χ4v) is 7.57. The average Bonchev–Trinajstić information content (AvgIpc) is 3.55. The number of hydrogen-bond acceptors (Lipinski definition) is 4. The van der Waals surface area contributed by atoms with Crippen LogP contribution >= 0.6 is 0 Å². The number of ether oxygens (including phenoxy) is 1. The van der Waals surface area contributed by atoms with Crippen LogP contribution in [0.1, 0.15) is 49.8 Å². The minimum Gasteiger partial charge on any atom is -0.359 e. The maximum atomic E-state index is 14.8. The van der Waals surface area contributed by atoms with Crippen LogP contribution in [0.15, 0.2) is 54.6 Å². The molecule has 3 aliphatic heterocycles. The number of halogens is 1. The van der Waals surface area contributed by atoms with Gasteiger partial charge in [-0.25, -0.2) is 4.39 Å². The summed E-state index contributed by atoms with van der Waals surface area (Å²) in [6.45, 7) is 8.17. The lowest BCUT2D eigenvalue weighted by atomic mass is 9.73. The van der Waals surface area contributed by atoms with Gasteiger partial charge < -0.3 is 20.3 Å². The predicted molar refractivity (Wildman–Crippen MR) is 153 cm³/mol. The topological polar surface area (TPSA) is 87.7 Å². The number of amides is 3. The fraction of sp³-hybridized carbons (Fsp3) is 0.485. The Bertz CT molecular complexity index is 1400. The van der Waals surface area contributed by atoms with E-state index in [1.807, 2.05) is 32.0 Å². The van der Waals surface area contributed by atoms with Crippen LogP contribution in [0.4, 0.5) is 10.1 Å². The van der Waals surface area contributed by atoms with Crippen molar-refractivity contribution in [1.29, 1.82) is 0 Å². The normalized spacial score (nSPS) is 33.6. The Morgan fingerprint density at radius 3 is 2.54 bits per heavy atom. The molecule has 8 atom stereocenters. The quantitative estimate of drug-likeness (QED) is 0.504. The van der Waals surface area contributed by atoms with Crippen molar-refractivity contribution in [2.75, 3.05) is 5.32 Å². The van der Waals surface area contributed by atoms with Gasteiger partial charge in [0.15, 0.2) is 0 Å². The number of nitrogens with one attached hydrogen (secondary N) is 2. The third-order valence-corrected chi connectivity index (χ3v) is 9.75. The Kier molecular flexibility index (Phi) is 7.00. The number of fused-ring (bicyclic) bond motifs is 1. The van der Waals surface area contributed by atoms with Gasteiger partial charge >= 0.3 is 0 Å². The van der Waals surface area contributed by atoms with E-state index in [2.05, 4.69) is 24.5 Å². The number of anilines is 1. The summed E-state index contributed by atoms with van der Waals surface area (Å²) in [7, 11) is 0. The third kappa shape index (κ3) is 4.66. The summed E-state index contributed by atoms with van der Waals surface area (Å²) in [5.41, 5.74) is 1.68. The molecule has 3 heterocycles. The van der Waals surface area contributed by atoms with Crippen LogP contribution in [-0.2, 0) is 25.7 Å². The summed E-state index contributed by atoms with van der Waals surface area (Å²) >= 11 is 0. The highest BCUT2D eigenvalue weighted by atomic mass is 19.1. The van der Waals surface area contributed by atoms with Crippen LogP contribution in [0.5, 0.6) is 0 Å². The molecule has 2 aromatic carbocycles. The maximum Gasteiger partial charge on any atom is 0.246 e. The van der Waals surface area contributed by atoms with Gasteiger partial charge in [0.25, 0.3) is 0 Å². The van der Waals surface area contributed by atoms with E-state index in [1.165, 1.54) is 11.0 Å². The van der Waals surface area contributed by atoms with Crippen molar-refractivity contribution in [3.8, 4) is 0 Å². The Hall–Kier alpha value is -3.52. The molecule has 3 amide bonds. The number of rotatable bonds is 6. The number of nitrogens with zero attached hydrogens (tertiary/aromatic N) is 1. The van der Waals surface area contributed by atoms with Crippen LogP contribution < -0.4 is 10.6 Å². The van der Waals surface area contributed by atoms with E-state index < -0.39 is 35.4 Å². The first kappa shape index (κ1) is 27.6. The Morgan fingerprint density at radius 2 is 1.80 bits per heavy atom. The van der Waals surface area contributed by atoms with E-state index in [4.69, 9.17) is 4.74 Å². The molecule has 1 aliphatic carbocycles. The van der Waals surface area contributed by atoms with Crippen molar-refractivity contribution in [3.05, 3.63) is 77.1 Å². The van der Waals surface area contributed by atoms with E-state index in [-0.39, 0.29) is 36.2 Å². The second kappa shape index (κ2) is 10.4. The molecule has 7 nitrogen and oxygen atoms in total. The minimum absolute atomic E-state index is 0.0293. The van der Waals surface area contributed by atoms with Gasteiger partial charge in [-0.1, -0.05) is 63.1 Å². The SMILES string of the molecule is Cc1cc(C)cc(NC(=O)C2[C@@H]3C=CC4(O3)C(C(=O)NC3CCCC(C)C3C)N(Cc3ccccc3F)C(=O)[C@H]24)c1. The lowest BCUT2D eigenvalue weighted by Crippen LogP contribution is -2.57.